The number of aliphatic hydroxyl groups is 1. The van der Waals surface area contributed by atoms with Gasteiger partial charge in [-0.15, -0.1) is 0 Å². The number of hydrogen-bond acceptors (Lipinski definition) is 3. The maximum atomic E-state index is 12.1. The summed E-state index contributed by atoms with van der Waals surface area (Å²) in [5.74, 6) is 0.697. The molecule has 0 radical (unpaired) electrons. The maximum Gasteiger partial charge on any atom is 0.220 e. The van der Waals surface area contributed by atoms with Gasteiger partial charge in [-0.3, -0.25) is 4.79 Å². The molecule has 0 aromatic heterocycles. The SMILES string of the molecule is CC(O)c1ccc(CNC(=O)CC2CC3CCC(C2)N3)cc1. The van der Waals surface area contributed by atoms with E-state index in [0.717, 1.165) is 24.0 Å². The van der Waals surface area contributed by atoms with Gasteiger partial charge in [-0.1, -0.05) is 24.3 Å². The third-order valence-corrected chi connectivity index (χ3v) is 5.00. The Morgan fingerprint density at radius 3 is 2.50 bits per heavy atom. The van der Waals surface area contributed by atoms with Gasteiger partial charge < -0.3 is 15.7 Å². The summed E-state index contributed by atoms with van der Waals surface area (Å²) in [6, 6.07) is 9.04. The van der Waals surface area contributed by atoms with Crippen LogP contribution in [0.5, 0.6) is 0 Å². The number of piperidine rings is 1. The van der Waals surface area contributed by atoms with Crippen molar-refractivity contribution in [3.8, 4) is 0 Å². The first-order valence-corrected chi connectivity index (χ1v) is 8.40. The van der Waals surface area contributed by atoms with Crippen LogP contribution in [0.4, 0.5) is 0 Å². The highest BCUT2D eigenvalue weighted by atomic mass is 16.3. The summed E-state index contributed by atoms with van der Waals surface area (Å²) in [5.41, 5.74) is 1.98. The number of carbonyl (C=O) groups excluding carboxylic acids is 1. The maximum absolute atomic E-state index is 12.1. The number of benzene rings is 1. The highest BCUT2D eigenvalue weighted by Crippen LogP contribution is 2.32. The lowest BCUT2D eigenvalue weighted by Gasteiger charge is -2.28. The van der Waals surface area contributed by atoms with Gasteiger partial charge in [0.05, 0.1) is 6.10 Å². The molecule has 0 saturated carbocycles. The summed E-state index contributed by atoms with van der Waals surface area (Å²) in [4.78, 5) is 12.1. The van der Waals surface area contributed by atoms with Gasteiger partial charge in [0.2, 0.25) is 5.91 Å². The number of nitrogens with one attached hydrogen (secondary N) is 2. The lowest BCUT2D eigenvalue weighted by Crippen LogP contribution is -2.39. The molecule has 2 aliphatic rings. The molecule has 2 fully saturated rings. The summed E-state index contributed by atoms with van der Waals surface area (Å²) in [7, 11) is 0. The van der Waals surface area contributed by atoms with Crippen molar-refractivity contribution in [3.05, 3.63) is 35.4 Å². The monoisotopic (exact) mass is 302 g/mol. The van der Waals surface area contributed by atoms with E-state index in [1.165, 1.54) is 12.8 Å². The van der Waals surface area contributed by atoms with E-state index in [2.05, 4.69) is 10.6 Å². The Labute approximate surface area is 132 Å². The fraction of sp³-hybridized carbons (Fsp3) is 0.611. The average molecular weight is 302 g/mol. The van der Waals surface area contributed by atoms with Crippen molar-refractivity contribution < 1.29 is 9.90 Å². The lowest BCUT2D eigenvalue weighted by molar-refractivity contribution is -0.122. The van der Waals surface area contributed by atoms with E-state index in [1.807, 2.05) is 24.3 Å². The molecule has 3 N–H and O–H groups in total. The zero-order valence-corrected chi connectivity index (χ0v) is 13.2. The summed E-state index contributed by atoms with van der Waals surface area (Å²) in [6.07, 6.45) is 5.05. The summed E-state index contributed by atoms with van der Waals surface area (Å²) in [6.45, 7) is 2.32. The van der Waals surface area contributed by atoms with Gasteiger partial charge in [0.15, 0.2) is 0 Å². The quantitative estimate of drug-likeness (QED) is 0.782. The van der Waals surface area contributed by atoms with Crippen molar-refractivity contribution in [2.24, 2.45) is 5.92 Å². The molecular formula is C18H26N2O2. The normalized spacial score (nSPS) is 28.4. The molecule has 4 nitrogen and oxygen atoms in total. The first-order chi connectivity index (χ1) is 10.6. The Hall–Kier alpha value is -1.39. The summed E-state index contributed by atoms with van der Waals surface area (Å²) in [5, 5.41) is 16.1. The van der Waals surface area contributed by atoms with Crippen molar-refractivity contribution in [2.75, 3.05) is 0 Å². The summed E-state index contributed by atoms with van der Waals surface area (Å²) >= 11 is 0. The van der Waals surface area contributed by atoms with E-state index in [-0.39, 0.29) is 5.91 Å². The van der Waals surface area contributed by atoms with Crippen molar-refractivity contribution in [1.29, 1.82) is 0 Å². The highest BCUT2D eigenvalue weighted by molar-refractivity contribution is 5.76. The number of hydrogen-bond donors (Lipinski definition) is 3. The highest BCUT2D eigenvalue weighted by Gasteiger charge is 2.34. The van der Waals surface area contributed by atoms with E-state index < -0.39 is 6.10 Å². The van der Waals surface area contributed by atoms with E-state index in [0.29, 0.717) is 31.0 Å². The molecule has 1 aromatic carbocycles. The molecule has 3 atom stereocenters. The Bertz CT molecular complexity index is 500. The van der Waals surface area contributed by atoms with Gasteiger partial charge in [0.25, 0.3) is 0 Å². The molecule has 1 amide bonds. The zero-order valence-electron chi connectivity index (χ0n) is 13.2. The van der Waals surface area contributed by atoms with Crippen molar-refractivity contribution >= 4 is 5.91 Å². The molecule has 22 heavy (non-hydrogen) atoms. The lowest BCUT2D eigenvalue weighted by atomic mass is 9.89. The Morgan fingerprint density at radius 2 is 1.91 bits per heavy atom. The standard InChI is InChI=1S/C18H26N2O2/c1-12(21)15-4-2-13(3-5-15)11-19-18(22)10-14-8-16-6-7-17(9-14)20-16/h2-5,12,14,16-17,20-21H,6-11H2,1H3,(H,19,22). The first kappa shape index (κ1) is 15.5. The van der Waals surface area contributed by atoms with Crippen molar-refractivity contribution in [3.63, 3.8) is 0 Å². The van der Waals surface area contributed by atoms with Gasteiger partial charge in [0.1, 0.15) is 0 Å². The number of carbonyl (C=O) groups is 1. The number of rotatable bonds is 5. The third kappa shape index (κ3) is 3.87. The second-order valence-corrected chi connectivity index (χ2v) is 6.87. The van der Waals surface area contributed by atoms with E-state index in [9.17, 15) is 9.90 Å². The van der Waals surface area contributed by atoms with Crippen LogP contribution in [0.1, 0.15) is 56.3 Å². The second-order valence-electron chi connectivity index (χ2n) is 6.87. The minimum atomic E-state index is -0.445. The predicted molar refractivity (Wildman–Crippen MR) is 86.2 cm³/mol. The second kappa shape index (κ2) is 6.80. The fourth-order valence-electron chi connectivity index (χ4n) is 3.79. The van der Waals surface area contributed by atoms with Gasteiger partial charge >= 0.3 is 0 Å². The topological polar surface area (TPSA) is 61.4 Å². The number of amides is 1. The molecule has 0 spiro atoms. The van der Waals surface area contributed by atoms with Crippen LogP contribution in [0, 0.1) is 5.92 Å². The molecule has 2 saturated heterocycles. The molecule has 4 heteroatoms. The van der Waals surface area contributed by atoms with E-state index in [4.69, 9.17) is 0 Å². The Morgan fingerprint density at radius 1 is 1.27 bits per heavy atom. The van der Waals surface area contributed by atoms with Gasteiger partial charge in [-0.05, 0) is 49.7 Å². The molecule has 2 heterocycles. The molecule has 0 aliphatic carbocycles. The molecule has 3 unspecified atom stereocenters. The van der Waals surface area contributed by atoms with Crippen molar-refractivity contribution in [1.82, 2.24) is 10.6 Å². The largest absolute Gasteiger partial charge is 0.389 e. The fourth-order valence-corrected chi connectivity index (χ4v) is 3.79. The number of fused-ring (bicyclic) bond motifs is 2. The Balaban J connectivity index is 1.44. The van der Waals surface area contributed by atoms with Crippen LogP contribution in [0.3, 0.4) is 0 Å². The smallest absolute Gasteiger partial charge is 0.220 e. The van der Waals surface area contributed by atoms with Crippen LogP contribution < -0.4 is 10.6 Å². The molecule has 2 aliphatic heterocycles. The van der Waals surface area contributed by atoms with Gasteiger partial charge in [-0.25, -0.2) is 0 Å². The molecule has 2 bridgehead atoms. The van der Waals surface area contributed by atoms with Gasteiger partial charge in [-0.2, -0.15) is 0 Å². The predicted octanol–water partition coefficient (Wildman–Crippen LogP) is 2.28. The zero-order chi connectivity index (χ0) is 15.5. The van der Waals surface area contributed by atoms with E-state index in [1.54, 1.807) is 6.92 Å². The van der Waals surface area contributed by atoms with Crippen LogP contribution in [0.2, 0.25) is 0 Å². The minimum Gasteiger partial charge on any atom is -0.389 e. The van der Waals surface area contributed by atoms with Crippen LogP contribution in [-0.4, -0.2) is 23.1 Å². The van der Waals surface area contributed by atoms with Gasteiger partial charge in [0, 0.05) is 25.0 Å². The average Bonchev–Trinajstić information content (AvgIpc) is 2.84. The third-order valence-electron chi connectivity index (χ3n) is 5.00. The minimum absolute atomic E-state index is 0.158. The molecule has 120 valence electrons. The van der Waals surface area contributed by atoms with Crippen LogP contribution >= 0.6 is 0 Å². The van der Waals surface area contributed by atoms with Crippen LogP contribution in [-0.2, 0) is 11.3 Å². The first-order valence-electron chi connectivity index (χ1n) is 8.40. The number of aliphatic hydroxyl groups excluding tert-OH is 1. The molecular weight excluding hydrogens is 276 g/mol. The summed E-state index contributed by atoms with van der Waals surface area (Å²) < 4.78 is 0. The van der Waals surface area contributed by atoms with Crippen LogP contribution in [0.25, 0.3) is 0 Å². The van der Waals surface area contributed by atoms with Crippen LogP contribution in [0.15, 0.2) is 24.3 Å². The molecule has 3 rings (SSSR count). The molecule has 1 aromatic rings. The van der Waals surface area contributed by atoms with Crippen molar-refractivity contribution in [2.45, 2.75) is 63.8 Å². The Kier molecular flexibility index (Phi) is 4.79. The van der Waals surface area contributed by atoms with E-state index >= 15 is 0 Å².